The summed E-state index contributed by atoms with van der Waals surface area (Å²) in [5, 5.41) is 7.71. The van der Waals surface area contributed by atoms with E-state index in [0.717, 1.165) is 33.9 Å². The van der Waals surface area contributed by atoms with Crippen LogP contribution in [0.4, 0.5) is 5.69 Å². The summed E-state index contributed by atoms with van der Waals surface area (Å²) in [4.78, 5) is 0. The van der Waals surface area contributed by atoms with Crippen LogP contribution in [-0.4, -0.2) is 18.4 Å². The number of methoxy groups -OCH3 is 1. The predicted octanol–water partition coefficient (Wildman–Crippen LogP) is 5.21. The van der Waals surface area contributed by atoms with E-state index >= 15 is 0 Å². The number of nitrogens with one attached hydrogen (secondary N) is 2. The Bertz CT molecular complexity index is 1040. The molecule has 0 atom stereocenters. The molecule has 0 saturated carbocycles. The molecular formula is C24H25N3O2S. The lowest BCUT2D eigenvalue weighted by Gasteiger charge is -2.13. The molecule has 154 valence electrons. The first kappa shape index (κ1) is 21.3. The van der Waals surface area contributed by atoms with Crippen LogP contribution in [0.2, 0.25) is 0 Å². The number of anilines is 1. The second-order valence-electron chi connectivity index (χ2n) is 6.75. The molecule has 0 amide bonds. The highest BCUT2D eigenvalue weighted by atomic mass is 32.1. The first-order valence-corrected chi connectivity index (χ1v) is 9.98. The highest BCUT2D eigenvalue weighted by Gasteiger charge is 2.07. The van der Waals surface area contributed by atoms with Gasteiger partial charge in [0.25, 0.3) is 0 Å². The van der Waals surface area contributed by atoms with E-state index < -0.39 is 0 Å². The maximum Gasteiger partial charge on any atom is 0.191 e. The quantitative estimate of drug-likeness (QED) is 0.313. The molecule has 0 aliphatic carbocycles. The second-order valence-corrected chi connectivity index (χ2v) is 7.16. The van der Waals surface area contributed by atoms with Crippen LogP contribution in [0.15, 0.2) is 71.8 Å². The van der Waals surface area contributed by atoms with Crippen LogP contribution in [0.25, 0.3) is 0 Å². The van der Waals surface area contributed by atoms with Gasteiger partial charge in [-0.05, 0) is 79.2 Å². The monoisotopic (exact) mass is 419 g/mol. The Balaban J connectivity index is 1.64. The number of ether oxygens (including phenoxy) is 2. The summed E-state index contributed by atoms with van der Waals surface area (Å²) in [7, 11) is 1.65. The van der Waals surface area contributed by atoms with Crippen molar-refractivity contribution >= 4 is 29.2 Å². The number of thiocarbonyl (C=S) groups is 1. The summed E-state index contributed by atoms with van der Waals surface area (Å²) >= 11 is 5.26. The van der Waals surface area contributed by atoms with E-state index in [1.54, 1.807) is 13.3 Å². The van der Waals surface area contributed by atoms with Crippen molar-refractivity contribution in [1.29, 1.82) is 0 Å². The topological polar surface area (TPSA) is 54.9 Å². The van der Waals surface area contributed by atoms with E-state index in [1.807, 2.05) is 60.7 Å². The Morgan fingerprint density at radius 3 is 2.57 bits per heavy atom. The van der Waals surface area contributed by atoms with E-state index in [2.05, 4.69) is 35.8 Å². The molecule has 0 saturated heterocycles. The summed E-state index contributed by atoms with van der Waals surface area (Å²) in [5.74, 6) is 1.64. The Morgan fingerprint density at radius 2 is 1.80 bits per heavy atom. The van der Waals surface area contributed by atoms with Crippen LogP contribution in [0.3, 0.4) is 0 Å². The summed E-state index contributed by atoms with van der Waals surface area (Å²) in [6.07, 6.45) is 1.71. The fourth-order valence-electron chi connectivity index (χ4n) is 2.87. The molecule has 0 aliphatic heterocycles. The molecule has 0 fully saturated rings. The Morgan fingerprint density at radius 1 is 1.00 bits per heavy atom. The number of nitrogens with zero attached hydrogens (tertiary/aromatic N) is 1. The van der Waals surface area contributed by atoms with Gasteiger partial charge >= 0.3 is 0 Å². The van der Waals surface area contributed by atoms with Crippen molar-refractivity contribution in [3.63, 3.8) is 0 Å². The summed E-state index contributed by atoms with van der Waals surface area (Å²) in [6, 6.07) is 21.6. The maximum absolute atomic E-state index is 6.04. The van der Waals surface area contributed by atoms with Crippen molar-refractivity contribution in [2.75, 3.05) is 12.4 Å². The molecule has 0 aliphatic rings. The zero-order valence-electron chi connectivity index (χ0n) is 17.3. The third-order valence-corrected chi connectivity index (χ3v) is 4.85. The van der Waals surface area contributed by atoms with E-state index in [0.29, 0.717) is 11.7 Å². The Kier molecular flexibility index (Phi) is 7.40. The number of hydrogen-bond acceptors (Lipinski definition) is 4. The molecule has 0 unspecified atom stereocenters. The minimum absolute atomic E-state index is 0.399. The SMILES string of the molecule is COc1ccc(/C=N\NC(=S)Nc2ccccc2)cc1COc1cccc(C)c1C. The Labute approximate surface area is 182 Å². The minimum Gasteiger partial charge on any atom is -0.496 e. The number of hydrogen-bond donors (Lipinski definition) is 2. The molecule has 3 aromatic rings. The van der Waals surface area contributed by atoms with Crippen molar-refractivity contribution in [1.82, 2.24) is 5.43 Å². The number of para-hydroxylation sites is 1. The van der Waals surface area contributed by atoms with Crippen LogP contribution in [0.1, 0.15) is 22.3 Å². The summed E-state index contributed by atoms with van der Waals surface area (Å²) in [5.41, 5.74) is 7.91. The zero-order valence-corrected chi connectivity index (χ0v) is 18.1. The largest absolute Gasteiger partial charge is 0.496 e. The minimum atomic E-state index is 0.399. The number of aryl methyl sites for hydroxylation is 1. The van der Waals surface area contributed by atoms with Crippen LogP contribution in [-0.2, 0) is 6.61 Å². The van der Waals surface area contributed by atoms with Gasteiger partial charge in [-0.15, -0.1) is 0 Å². The van der Waals surface area contributed by atoms with Gasteiger partial charge in [-0.3, -0.25) is 5.43 Å². The van der Waals surface area contributed by atoms with Gasteiger partial charge < -0.3 is 14.8 Å². The molecule has 3 rings (SSSR count). The lowest BCUT2D eigenvalue weighted by atomic mass is 10.1. The Hall–Kier alpha value is -3.38. The number of hydrazone groups is 1. The molecule has 6 heteroatoms. The summed E-state index contributed by atoms with van der Waals surface area (Å²) in [6.45, 7) is 4.53. The molecule has 0 bridgehead atoms. The average molecular weight is 420 g/mol. The molecule has 0 spiro atoms. The molecule has 0 radical (unpaired) electrons. The van der Waals surface area contributed by atoms with Crippen molar-refractivity contribution in [3.8, 4) is 11.5 Å². The number of benzene rings is 3. The van der Waals surface area contributed by atoms with E-state index in [-0.39, 0.29) is 0 Å². The average Bonchev–Trinajstić information content (AvgIpc) is 2.75. The van der Waals surface area contributed by atoms with Crippen LogP contribution in [0, 0.1) is 13.8 Å². The molecule has 30 heavy (non-hydrogen) atoms. The van der Waals surface area contributed by atoms with Gasteiger partial charge in [0.05, 0.1) is 13.3 Å². The lowest BCUT2D eigenvalue weighted by molar-refractivity contribution is 0.294. The van der Waals surface area contributed by atoms with Crippen LogP contribution in [0.5, 0.6) is 11.5 Å². The zero-order chi connectivity index (χ0) is 21.3. The standard InChI is InChI=1S/C24H25N3O2S/c1-17-8-7-11-22(18(17)2)29-16-20-14-19(12-13-23(20)28-3)15-25-27-24(30)26-21-9-5-4-6-10-21/h4-15H,16H2,1-3H3,(H2,26,27,30)/b25-15-. The molecule has 0 aromatic heterocycles. The van der Waals surface area contributed by atoms with Gasteiger partial charge in [0.1, 0.15) is 18.1 Å². The fraction of sp³-hybridized carbons (Fsp3) is 0.167. The second kappa shape index (κ2) is 10.4. The fourth-order valence-corrected chi connectivity index (χ4v) is 3.04. The molecule has 5 nitrogen and oxygen atoms in total. The van der Waals surface area contributed by atoms with Gasteiger partial charge in [0.15, 0.2) is 5.11 Å². The normalized spacial score (nSPS) is 10.6. The predicted molar refractivity (Wildman–Crippen MR) is 127 cm³/mol. The van der Waals surface area contributed by atoms with E-state index in [4.69, 9.17) is 21.7 Å². The first-order chi connectivity index (χ1) is 14.6. The van der Waals surface area contributed by atoms with Gasteiger partial charge in [-0.1, -0.05) is 30.3 Å². The highest BCUT2D eigenvalue weighted by Crippen LogP contribution is 2.25. The first-order valence-electron chi connectivity index (χ1n) is 9.58. The van der Waals surface area contributed by atoms with Gasteiger partial charge in [-0.25, -0.2) is 0 Å². The maximum atomic E-state index is 6.04. The summed E-state index contributed by atoms with van der Waals surface area (Å²) < 4.78 is 11.5. The van der Waals surface area contributed by atoms with E-state index in [9.17, 15) is 0 Å². The molecule has 2 N–H and O–H groups in total. The van der Waals surface area contributed by atoms with Crippen molar-refractivity contribution in [2.24, 2.45) is 5.10 Å². The molecule has 0 heterocycles. The molecular weight excluding hydrogens is 394 g/mol. The van der Waals surface area contributed by atoms with Gasteiger partial charge in [-0.2, -0.15) is 5.10 Å². The van der Waals surface area contributed by atoms with Crippen LogP contribution >= 0.6 is 12.2 Å². The number of rotatable bonds is 7. The third-order valence-electron chi connectivity index (χ3n) is 4.65. The third kappa shape index (κ3) is 5.81. The van der Waals surface area contributed by atoms with Crippen LogP contribution < -0.4 is 20.2 Å². The van der Waals surface area contributed by atoms with Crippen molar-refractivity contribution in [2.45, 2.75) is 20.5 Å². The lowest BCUT2D eigenvalue weighted by Crippen LogP contribution is -2.23. The smallest absolute Gasteiger partial charge is 0.191 e. The van der Waals surface area contributed by atoms with Gasteiger partial charge in [0.2, 0.25) is 0 Å². The van der Waals surface area contributed by atoms with Gasteiger partial charge in [0, 0.05) is 11.3 Å². The van der Waals surface area contributed by atoms with E-state index in [1.165, 1.54) is 5.56 Å². The van der Waals surface area contributed by atoms with Crippen molar-refractivity contribution < 1.29 is 9.47 Å². The van der Waals surface area contributed by atoms with Crippen molar-refractivity contribution in [3.05, 3.63) is 89.0 Å². The molecule has 3 aromatic carbocycles. The highest BCUT2D eigenvalue weighted by molar-refractivity contribution is 7.80.